The highest BCUT2D eigenvalue weighted by Gasteiger charge is 2.62. The number of aromatic nitrogens is 4. The van der Waals surface area contributed by atoms with Gasteiger partial charge < -0.3 is 20.1 Å². The Hall–Kier alpha value is -5.12. The van der Waals surface area contributed by atoms with Crippen LogP contribution in [0.4, 0.5) is 4.79 Å². The van der Waals surface area contributed by atoms with Gasteiger partial charge in [0.25, 0.3) is 15.9 Å². The van der Waals surface area contributed by atoms with Gasteiger partial charge in [-0.25, -0.2) is 17.9 Å². The van der Waals surface area contributed by atoms with Crippen LogP contribution in [0.15, 0.2) is 72.1 Å². The zero-order valence-electron chi connectivity index (χ0n) is 31.7. The molecule has 15 nitrogen and oxygen atoms in total. The van der Waals surface area contributed by atoms with Gasteiger partial charge in [-0.2, -0.15) is 4.80 Å². The number of ether oxygens (including phenoxy) is 2. The second-order valence-electron chi connectivity index (χ2n) is 16.0. The lowest BCUT2D eigenvalue weighted by molar-refractivity contribution is -0.137. The summed E-state index contributed by atoms with van der Waals surface area (Å²) in [5, 5.41) is 18.7. The number of tetrazole rings is 1. The molecule has 54 heavy (non-hydrogen) atoms. The number of nitrogens with one attached hydrogen (secondary N) is 3. The molecule has 2 saturated carbocycles. The monoisotopic (exact) mass is 763 g/mol. The van der Waals surface area contributed by atoms with Crippen LogP contribution in [-0.2, 0) is 29.1 Å². The molecule has 16 heteroatoms. The third kappa shape index (κ3) is 8.97. The van der Waals surface area contributed by atoms with E-state index in [-0.39, 0.29) is 24.2 Å². The first-order chi connectivity index (χ1) is 25.3. The SMILES string of the molecule is C=CC[C@@H]1C[C@@]1(NC(=O)[C@@H]1C[C@@H](n2nnc(-c3ccc(OC)cc3)n2)CC1C(=O)C(NC(=O)OC(C)(C)C)C(C)(C)C)C(=O)NS(=O)(=O)c1ccccc1. The number of amides is 3. The number of allylic oxidation sites excluding steroid dienone is 1. The smallest absolute Gasteiger partial charge is 0.408 e. The van der Waals surface area contributed by atoms with Gasteiger partial charge in [0.1, 0.15) is 16.9 Å². The Morgan fingerprint density at radius 2 is 1.65 bits per heavy atom. The Labute approximate surface area is 315 Å². The normalized spacial score (nSPS) is 23.1. The van der Waals surface area contributed by atoms with E-state index < -0.39 is 80.1 Å². The summed E-state index contributed by atoms with van der Waals surface area (Å²) in [6, 6.07) is 12.9. The zero-order chi connectivity index (χ0) is 39.6. The lowest BCUT2D eigenvalue weighted by atomic mass is 9.77. The molecule has 1 heterocycles. The van der Waals surface area contributed by atoms with E-state index in [1.54, 1.807) is 85.1 Å². The van der Waals surface area contributed by atoms with Gasteiger partial charge in [-0.15, -0.1) is 16.8 Å². The first-order valence-electron chi connectivity index (χ1n) is 17.8. The van der Waals surface area contributed by atoms with Crippen molar-refractivity contribution in [1.82, 2.24) is 35.6 Å². The van der Waals surface area contributed by atoms with Crippen molar-refractivity contribution in [2.45, 2.75) is 95.3 Å². The van der Waals surface area contributed by atoms with Crippen molar-refractivity contribution >= 4 is 33.7 Å². The molecule has 2 aromatic carbocycles. The summed E-state index contributed by atoms with van der Waals surface area (Å²) in [5.41, 5.74) is -2.51. The van der Waals surface area contributed by atoms with Gasteiger partial charge in [0.15, 0.2) is 5.78 Å². The molecule has 1 aromatic heterocycles. The molecule has 2 aliphatic rings. The van der Waals surface area contributed by atoms with Crippen molar-refractivity contribution in [3.8, 4) is 17.1 Å². The van der Waals surface area contributed by atoms with Crippen LogP contribution in [0, 0.1) is 23.2 Å². The zero-order valence-corrected chi connectivity index (χ0v) is 32.5. The summed E-state index contributed by atoms with van der Waals surface area (Å²) < 4.78 is 39.2. The number of benzene rings is 2. The quantitative estimate of drug-likeness (QED) is 0.209. The topological polar surface area (TPSA) is 201 Å². The molecule has 0 spiro atoms. The second-order valence-corrected chi connectivity index (χ2v) is 17.7. The minimum atomic E-state index is -4.26. The number of nitrogens with zero attached hydrogens (tertiary/aromatic N) is 4. The number of Topliss-reactive ketones (excluding diaryl/α,β-unsaturated/α-hetero) is 1. The average Bonchev–Trinajstić information content (AvgIpc) is 3.41. The first kappa shape index (κ1) is 40.1. The van der Waals surface area contributed by atoms with E-state index >= 15 is 0 Å². The number of ketones is 1. The second kappa shape index (κ2) is 15.3. The van der Waals surface area contributed by atoms with E-state index in [4.69, 9.17) is 9.47 Å². The molecule has 2 unspecified atom stereocenters. The highest BCUT2D eigenvalue weighted by Crippen LogP contribution is 2.48. The maximum atomic E-state index is 14.6. The van der Waals surface area contributed by atoms with E-state index in [0.29, 0.717) is 23.6 Å². The van der Waals surface area contributed by atoms with E-state index in [0.717, 1.165) is 0 Å². The summed E-state index contributed by atoms with van der Waals surface area (Å²) >= 11 is 0. The van der Waals surface area contributed by atoms with Crippen LogP contribution in [0.2, 0.25) is 0 Å². The van der Waals surface area contributed by atoms with Crippen molar-refractivity contribution in [3.63, 3.8) is 0 Å². The third-order valence-electron chi connectivity index (χ3n) is 9.74. The van der Waals surface area contributed by atoms with Crippen LogP contribution in [0.5, 0.6) is 5.75 Å². The van der Waals surface area contributed by atoms with Gasteiger partial charge in [-0.1, -0.05) is 45.0 Å². The highest BCUT2D eigenvalue weighted by molar-refractivity contribution is 7.90. The van der Waals surface area contributed by atoms with Crippen LogP contribution in [-0.4, -0.2) is 76.6 Å². The lowest BCUT2D eigenvalue weighted by Gasteiger charge is -2.34. The number of methoxy groups -OCH3 is 1. The van der Waals surface area contributed by atoms with Crippen LogP contribution in [0.1, 0.15) is 73.3 Å². The summed E-state index contributed by atoms with van der Waals surface area (Å²) in [5.74, 6) is -3.33. The van der Waals surface area contributed by atoms with E-state index in [1.807, 2.05) is 0 Å². The summed E-state index contributed by atoms with van der Waals surface area (Å²) in [6.07, 6.45) is 1.52. The fourth-order valence-corrected chi connectivity index (χ4v) is 7.94. The number of alkyl carbamates (subject to hydrolysis) is 1. The molecule has 5 rings (SSSR count). The summed E-state index contributed by atoms with van der Waals surface area (Å²) in [4.78, 5) is 57.1. The molecule has 0 radical (unpaired) electrons. The van der Waals surface area contributed by atoms with E-state index in [1.165, 1.54) is 29.1 Å². The van der Waals surface area contributed by atoms with E-state index in [9.17, 15) is 27.6 Å². The predicted octanol–water partition coefficient (Wildman–Crippen LogP) is 4.38. The number of hydrogen-bond donors (Lipinski definition) is 3. The molecular formula is C38H49N7O8S. The van der Waals surface area contributed by atoms with Crippen molar-refractivity contribution in [2.24, 2.45) is 23.2 Å². The maximum absolute atomic E-state index is 14.6. The van der Waals surface area contributed by atoms with Crippen LogP contribution in [0.3, 0.4) is 0 Å². The molecule has 0 bridgehead atoms. The fourth-order valence-electron chi connectivity index (χ4n) is 6.88. The molecule has 3 amide bonds. The van der Waals surface area contributed by atoms with Crippen LogP contribution in [0.25, 0.3) is 11.4 Å². The Bertz CT molecular complexity index is 1990. The fraction of sp³-hybridized carbons (Fsp3) is 0.500. The standard InChI is InChI=1S/C38H49N7O8S/c1-9-13-24-22-38(24,34(48)43-54(50,51)27-14-11-10-12-15-27)40-33(47)29-21-25(45-42-32(41-44-45)23-16-18-26(52-8)19-17-23)20-28(29)30(46)31(36(2,3)4)39-35(49)53-37(5,6)7/h9-12,14-19,24-25,28-29,31H,1,13,20-22H2,2-8H3,(H,39,49)(H,40,47)(H,43,48)/t24-,25+,28?,29-,31?,38+/m1/s1. The number of rotatable bonds is 13. The molecule has 3 N–H and O–H groups in total. The summed E-state index contributed by atoms with van der Waals surface area (Å²) in [7, 11) is -2.70. The number of carbonyl (C=O) groups is 4. The molecule has 0 saturated heterocycles. The number of hydrogen-bond acceptors (Lipinski definition) is 11. The number of sulfonamides is 1. The Morgan fingerprint density at radius 3 is 2.24 bits per heavy atom. The lowest BCUT2D eigenvalue weighted by Crippen LogP contribution is -2.56. The minimum absolute atomic E-state index is 0.0933. The molecule has 6 atom stereocenters. The van der Waals surface area contributed by atoms with Gasteiger partial charge in [0.05, 0.1) is 24.1 Å². The van der Waals surface area contributed by atoms with Crippen LogP contribution >= 0.6 is 0 Å². The number of carbonyl (C=O) groups excluding carboxylic acids is 4. The van der Waals surface area contributed by atoms with Crippen molar-refractivity contribution in [2.75, 3.05) is 7.11 Å². The van der Waals surface area contributed by atoms with Gasteiger partial charge >= 0.3 is 6.09 Å². The molecule has 0 aliphatic heterocycles. The molecule has 2 fully saturated rings. The van der Waals surface area contributed by atoms with Crippen LogP contribution < -0.4 is 20.1 Å². The predicted molar refractivity (Wildman–Crippen MR) is 198 cm³/mol. The molecule has 290 valence electrons. The van der Waals surface area contributed by atoms with Crippen molar-refractivity contribution in [3.05, 3.63) is 67.3 Å². The van der Waals surface area contributed by atoms with Crippen molar-refractivity contribution in [1.29, 1.82) is 0 Å². The Kier molecular flexibility index (Phi) is 11.4. The molecule has 3 aromatic rings. The Morgan fingerprint density at radius 1 is 1.00 bits per heavy atom. The highest BCUT2D eigenvalue weighted by atomic mass is 32.2. The van der Waals surface area contributed by atoms with Crippen molar-refractivity contribution < 1.29 is 37.1 Å². The van der Waals surface area contributed by atoms with Gasteiger partial charge in [0, 0.05) is 17.4 Å². The first-order valence-corrected chi connectivity index (χ1v) is 19.3. The van der Waals surface area contributed by atoms with Gasteiger partial charge in [-0.3, -0.25) is 14.4 Å². The third-order valence-corrected chi connectivity index (χ3v) is 11.1. The molecular weight excluding hydrogens is 715 g/mol. The Balaban J connectivity index is 1.46. The minimum Gasteiger partial charge on any atom is -0.497 e. The molecule has 2 aliphatic carbocycles. The average molecular weight is 764 g/mol. The van der Waals surface area contributed by atoms with Gasteiger partial charge in [0.2, 0.25) is 11.7 Å². The maximum Gasteiger partial charge on any atom is 0.408 e. The van der Waals surface area contributed by atoms with E-state index in [2.05, 4.69) is 37.3 Å². The summed E-state index contributed by atoms with van der Waals surface area (Å²) in [6.45, 7) is 14.3. The van der Waals surface area contributed by atoms with Gasteiger partial charge in [-0.05, 0) is 99.4 Å². The largest absolute Gasteiger partial charge is 0.497 e.